The van der Waals surface area contributed by atoms with Gasteiger partial charge in [-0.1, -0.05) is 23.7 Å². The Balaban J connectivity index is 0.00000120. The third-order valence-electron chi connectivity index (χ3n) is 3.89. The van der Waals surface area contributed by atoms with E-state index in [0.717, 1.165) is 38.0 Å². The summed E-state index contributed by atoms with van der Waals surface area (Å²) in [7, 11) is 0. The van der Waals surface area contributed by atoms with Crippen LogP contribution in [-0.2, 0) is 6.54 Å². The number of fused-ring (bicyclic) bond motifs is 1. The lowest BCUT2D eigenvalue weighted by Gasteiger charge is -2.17. The minimum Gasteiger partial charge on any atom is -0.316 e. The van der Waals surface area contributed by atoms with Crippen molar-refractivity contribution in [1.82, 2.24) is 10.2 Å². The number of hydrogen-bond acceptors (Lipinski definition) is 2. The number of likely N-dealkylation sites (tertiary alicyclic amines) is 1. The molecule has 2 heterocycles. The molecule has 2 saturated heterocycles. The van der Waals surface area contributed by atoms with Crippen LogP contribution in [0.25, 0.3) is 0 Å². The molecule has 0 saturated carbocycles. The fourth-order valence-corrected chi connectivity index (χ4v) is 3.19. The topological polar surface area (TPSA) is 15.3 Å². The van der Waals surface area contributed by atoms with Gasteiger partial charge >= 0.3 is 0 Å². The fourth-order valence-electron chi connectivity index (χ4n) is 2.99. The number of nitrogens with one attached hydrogen (secondary N) is 1. The van der Waals surface area contributed by atoms with Crippen LogP contribution in [0.1, 0.15) is 5.56 Å². The predicted octanol–water partition coefficient (Wildman–Crippen LogP) is 2.55. The minimum atomic E-state index is -0.260. The van der Waals surface area contributed by atoms with Gasteiger partial charge in [-0.25, -0.2) is 4.39 Å². The van der Waals surface area contributed by atoms with E-state index in [1.807, 2.05) is 12.1 Å². The quantitative estimate of drug-likeness (QED) is 0.901. The van der Waals surface area contributed by atoms with Crippen LogP contribution in [0, 0.1) is 17.7 Å². The van der Waals surface area contributed by atoms with Crippen LogP contribution in [0.2, 0.25) is 5.02 Å². The summed E-state index contributed by atoms with van der Waals surface area (Å²) in [6.07, 6.45) is 0. The average Bonchev–Trinajstić information content (AvgIpc) is 2.85. The summed E-state index contributed by atoms with van der Waals surface area (Å²) in [5, 5.41) is 3.63. The van der Waals surface area contributed by atoms with E-state index in [0.29, 0.717) is 12.1 Å². The first kappa shape index (κ1) is 14.1. The van der Waals surface area contributed by atoms with Crippen molar-refractivity contribution < 1.29 is 4.39 Å². The molecule has 3 rings (SSSR count). The van der Waals surface area contributed by atoms with E-state index in [1.54, 1.807) is 6.07 Å². The Morgan fingerprint density at radius 2 is 1.94 bits per heavy atom. The molecule has 2 aliphatic rings. The molecule has 1 aromatic rings. The van der Waals surface area contributed by atoms with Crippen molar-refractivity contribution >= 4 is 24.0 Å². The van der Waals surface area contributed by atoms with Crippen LogP contribution in [-0.4, -0.2) is 31.1 Å². The number of rotatable bonds is 2. The van der Waals surface area contributed by atoms with E-state index in [1.165, 1.54) is 0 Å². The highest BCUT2D eigenvalue weighted by atomic mass is 35.5. The van der Waals surface area contributed by atoms with Gasteiger partial charge in [-0.05, 0) is 31.0 Å². The third kappa shape index (κ3) is 2.64. The zero-order chi connectivity index (χ0) is 11.8. The van der Waals surface area contributed by atoms with E-state index in [9.17, 15) is 4.39 Å². The van der Waals surface area contributed by atoms with E-state index in [-0.39, 0.29) is 23.2 Å². The van der Waals surface area contributed by atoms with Gasteiger partial charge in [0.1, 0.15) is 5.82 Å². The average molecular weight is 291 g/mol. The Morgan fingerprint density at radius 1 is 1.28 bits per heavy atom. The maximum absolute atomic E-state index is 13.8. The normalized spacial score (nSPS) is 27.0. The van der Waals surface area contributed by atoms with Gasteiger partial charge in [0.15, 0.2) is 0 Å². The van der Waals surface area contributed by atoms with Gasteiger partial charge in [-0.3, -0.25) is 4.90 Å². The maximum atomic E-state index is 13.8. The Bertz CT molecular complexity index is 415. The van der Waals surface area contributed by atoms with Crippen molar-refractivity contribution in [3.63, 3.8) is 0 Å². The second-order valence-electron chi connectivity index (χ2n) is 5.09. The zero-order valence-corrected chi connectivity index (χ0v) is 11.6. The van der Waals surface area contributed by atoms with Crippen LogP contribution in [0.5, 0.6) is 0 Å². The van der Waals surface area contributed by atoms with E-state index < -0.39 is 0 Å². The molecule has 5 heteroatoms. The van der Waals surface area contributed by atoms with Crippen molar-refractivity contribution in [3.05, 3.63) is 34.6 Å². The number of nitrogens with zero attached hydrogens (tertiary/aromatic N) is 1. The Kier molecular flexibility index (Phi) is 4.49. The molecule has 0 spiro atoms. The van der Waals surface area contributed by atoms with Crippen LogP contribution < -0.4 is 5.32 Å². The van der Waals surface area contributed by atoms with Crippen LogP contribution >= 0.6 is 24.0 Å². The molecule has 0 unspecified atom stereocenters. The summed E-state index contributed by atoms with van der Waals surface area (Å²) in [5.41, 5.74) is 0.713. The predicted molar refractivity (Wildman–Crippen MR) is 73.8 cm³/mol. The first-order chi connectivity index (χ1) is 8.24. The minimum absolute atomic E-state index is 0. The van der Waals surface area contributed by atoms with Gasteiger partial charge in [0.25, 0.3) is 0 Å². The second kappa shape index (κ2) is 5.74. The Labute approximate surface area is 118 Å². The van der Waals surface area contributed by atoms with Crippen molar-refractivity contribution in [3.8, 4) is 0 Å². The fraction of sp³-hybridized carbons (Fsp3) is 0.538. The third-order valence-corrected chi connectivity index (χ3v) is 4.18. The molecule has 0 amide bonds. The standard InChI is InChI=1S/C13H16ClFN2.ClH/c14-12-3-1-2-9(13(12)15)6-17-7-10-4-16-5-11(10)8-17;/h1-3,10-11,16H,4-8H2;1H/t10-,11+;. The summed E-state index contributed by atoms with van der Waals surface area (Å²) in [6, 6.07) is 5.25. The summed E-state index contributed by atoms with van der Waals surface area (Å²) in [6.45, 7) is 5.05. The van der Waals surface area contributed by atoms with Crippen LogP contribution in [0.15, 0.2) is 18.2 Å². The molecule has 0 bridgehead atoms. The zero-order valence-electron chi connectivity index (χ0n) is 10.0. The van der Waals surface area contributed by atoms with Crippen molar-refractivity contribution in [2.75, 3.05) is 26.2 Å². The molecule has 1 aromatic carbocycles. The van der Waals surface area contributed by atoms with E-state index in [2.05, 4.69) is 10.2 Å². The molecule has 2 aliphatic heterocycles. The molecular formula is C13H17Cl2FN2. The second-order valence-corrected chi connectivity index (χ2v) is 5.49. The van der Waals surface area contributed by atoms with Gasteiger partial charge in [0.05, 0.1) is 5.02 Å². The van der Waals surface area contributed by atoms with E-state index >= 15 is 0 Å². The monoisotopic (exact) mass is 290 g/mol. The summed E-state index contributed by atoms with van der Waals surface area (Å²) >= 11 is 5.79. The van der Waals surface area contributed by atoms with Crippen molar-refractivity contribution in [2.24, 2.45) is 11.8 Å². The van der Waals surface area contributed by atoms with Gasteiger partial charge in [-0.2, -0.15) is 0 Å². The number of hydrogen-bond donors (Lipinski definition) is 1. The molecule has 100 valence electrons. The largest absolute Gasteiger partial charge is 0.316 e. The lowest BCUT2D eigenvalue weighted by atomic mass is 10.0. The molecule has 0 aliphatic carbocycles. The van der Waals surface area contributed by atoms with Crippen molar-refractivity contribution in [2.45, 2.75) is 6.54 Å². The molecule has 2 atom stereocenters. The summed E-state index contributed by atoms with van der Waals surface area (Å²) in [5.74, 6) is 1.24. The summed E-state index contributed by atoms with van der Waals surface area (Å²) < 4.78 is 13.8. The van der Waals surface area contributed by atoms with Crippen LogP contribution in [0.4, 0.5) is 4.39 Å². The van der Waals surface area contributed by atoms with Crippen LogP contribution in [0.3, 0.4) is 0 Å². The van der Waals surface area contributed by atoms with Crippen molar-refractivity contribution in [1.29, 1.82) is 0 Å². The maximum Gasteiger partial charge on any atom is 0.146 e. The molecule has 0 aromatic heterocycles. The number of benzene rings is 1. The van der Waals surface area contributed by atoms with Gasteiger partial charge < -0.3 is 5.32 Å². The number of halogens is 3. The molecule has 2 fully saturated rings. The van der Waals surface area contributed by atoms with E-state index in [4.69, 9.17) is 11.6 Å². The highest BCUT2D eigenvalue weighted by Crippen LogP contribution is 2.28. The van der Waals surface area contributed by atoms with Gasteiger partial charge in [-0.15, -0.1) is 12.4 Å². The molecule has 2 nitrogen and oxygen atoms in total. The highest BCUT2D eigenvalue weighted by molar-refractivity contribution is 6.30. The highest BCUT2D eigenvalue weighted by Gasteiger charge is 2.35. The molecular weight excluding hydrogens is 274 g/mol. The summed E-state index contributed by atoms with van der Waals surface area (Å²) in [4.78, 5) is 2.34. The Hall–Kier alpha value is -0.350. The SMILES string of the molecule is Cl.Fc1c(Cl)cccc1CN1C[C@H]2CNC[C@H]2C1. The smallest absolute Gasteiger partial charge is 0.146 e. The lowest BCUT2D eigenvalue weighted by molar-refractivity contribution is 0.301. The van der Waals surface area contributed by atoms with Gasteiger partial charge in [0, 0.05) is 25.2 Å². The first-order valence-electron chi connectivity index (χ1n) is 6.10. The van der Waals surface area contributed by atoms with Gasteiger partial charge in [0.2, 0.25) is 0 Å². The first-order valence-corrected chi connectivity index (χ1v) is 6.48. The molecule has 18 heavy (non-hydrogen) atoms. The Morgan fingerprint density at radius 3 is 2.61 bits per heavy atom. The molecule has 0 radical (unpaired) electrons. The lowest BCUT2D eigenvalue weighted by Crippen LogP contribution is -2.25. The molecule has 1 N–H and O–H groups in total.